The molecule has 104 valence electrons. The average molecular weight is 307 g/mol. The first kappa shape index (κ1) is 15.5. The van der Waals surface area contributed by atoms with Gasteiger partial charge in [-0.1, -0.05) is 23.2 Å². The van der Waals surface area contributed by atoms with E-state index in [1.165, 1.54) is 24.1 Å². The quantitative estimate of drug-likeness (QED) is 0.475. The van der Waals surface area contributed by atoms with Crippen molar-refractivity contribution in [3.05, 3.63) is 32.3 Å². The number of rotatable bonds is 5. The SMILES string of the molecule is CCN(CC(=O)OC)c1cc(Cl)c(Cl)cc1[N+](=O)[O-]. The first-order chi connectivity index (χ1) is 8.90. The monoisotopic (exact) mass is 306 g/mol. The minimum atomic E-state index is -0.572. The molecule has 0 atom stereocenters. The van der Waals surface area contributed by atoms with Crippen molar-refractivity contribution < 1.29 is 14.5 Å². The molecule has 8 heteroatoms. The molecule has 0 aliphatic carbocycles. The third kappa shape index (κ3) is 3.71. The molecule has 0 heterocycles. The molecule has 0 amide bonds. The Bertz CT molecular complexity index is 508. The van der Waals surface area contributed by atoms with Crippen LogP contribution in [-0.4, -0.2) is 31.1 Å². The highest BCUT2D eigenvalue weighted by Crippen LogP contribution is 2.36. The van der Waals surface area contributed by atoms with Crippen LogP contribution in [0.25, 0.3) is 0 Å². The second kappa shape index (κ2) is 6.58. The van der Waals surface area contributed by atoms with Crippen molar-refractivity contribution in [1.29, 1.82) is 0 Å². The summed E-state index contributed by atoms with van der Waals surface area (Å²) >= 11 is 11.6. The molecule has 0 spiro atoms. The second-order valence-corrected chi connectivity index (χ2v) is 4.42. The number of anilines is 1. The predicted octanol–water partition coefficient (Wildman–Crippen LogP) is 2.90. The fraction of sp³-hybridized carbons (Fsp3) is 0.364. The molecule has 0 N–H and O–H groups in total. The van der Waals surface area contributed by atoms with E-state index in [0.29, 0.717) is 6.54 Å². The smallest absolute Gasteiger partial charge is 0.325 e. The lowest BCUT2D eigenvalue weighted by atomic mass is 10.2. The fourth-order valence-corrected chi connectivity index (χ4v) is 1.83. The van der Waals surface area contributed by atoms with Crippen LogP contribution >= 0.6 is 23.2 Å². The Balaban J connectivity index is 3.25. The van der Waals surface area contributed by atoms with E-state index in [1.54, 1.807) is 6.92 Å². The third-order valence-corrected chi connectivity index (χ3v) is 3.21. The van der Waals surface area contributed by atoms with Crippen molar-refractivity contribution in [2.45, 2.75) is 6.92 Å². The lowest BCUT2D eigenvalue weighted by Crippen LogP contribution is -2.30. The van der Waals surface area contributed by atoms with E-state index in [0.717, 1.165) is 0 Å². The molecule has 0 aromatic heterocycles. The molecular formula is C11H12Cl2N2O4. The van der Waals surface area contributed by atoms with Crippen molar-refractivity contribution in [3.63, 3.8) is 0 Å². The Hall–Kier alpha value is -1.53. The molecule has 0 bridgehead atoms. The lowest BCUT2D eigenvalue weighted by Gasteiger charge is -2.21. The summed E-state index contributed by atoms with van der Waals surface area (Å²) in [5.41, 5.74) is 0.0208. The van der Waals surface area contributed by atoms with Crippen LogP contribution in [0.4, 0.5) is 11.4 Å². The van der Waals surface area contributed by atoms with Gasteiger partial charge in [-0.3, -0.25) is 14.9 Å². The molecule has 0 aliphatic rings. The van der Waals surface area contributed by atoms with Crippen molar-refractivity contribution in [2.75, 3.05) is 25.1 Å². The summed E-state index contributed by atoms with van der Waals surface area (Å²) < 4.78 is 4.55. The summed E-state index contributed by atoms with van der Waals surface area (Å²) in [6.45, 7) is 2.04. The summed E-state index contributed by atoms with van der Waals surface area (Å²) in [6.07, 6.45) is 0. The van der Waals surface area contributed by atoms with Gasteiger partial charge < -0.3 is 9.64 Å². The molecule has 6 nitrogen and oxygen atoms in total. The van der Waals surface area contributed by atoms with Gasteiger partial charge in [0.1, 0.15) is 12.2 Å². The van der Waals surface area contributed by atoms with E-state index in [4.69, 9.17) is 23.2 Å². The summed E-state index contributed by atoms with van der Waals surface area (Å²) in [5.74, 6) is -0.498. The molecule has 0 saturated carbocycles. The topological polar surface area (TPSA) is 72.7 Å². The molecule has 19 heavy (non-hydrogen) atoms. The van der Waals surface area contributed by atoms with E-state index >= 15 is 0 Å². The summed E-state index contributed by atoms with van der Waals surface area (Å²) in [5, 5.41) is 11.3. The highest BCUT2D eigenvalue weighted by molar-refractivity contribution is 6.42. The van der Waals surface area contributed by atoms with Gasteiger partial charge in [-0.2, -0.15) is 0 Å². The number of carbonyl (C=O) groups is 1. The van der Waals surface area contributed by atoms with Crippen LogP contribution < -0.4 is 4.90 Å². The summed E-state index contributed by atoms with van der Waals surface area (Å²) in [7, 11) is 1.25. The zero-order valence-corrected chi connectivity index (χ0v) is 11.9. The van der Waals surface area contributed by atoms with Crippen LogP contribution in [-0.2, 0) is 9.53 Å². The maximum atomic E-state index is 11.3. The van der Waals surface area contributed by atoms with Crippen molar-refractivity contribution >= 4 is 40.5 Å². The molecule has 1 aromatic rings. The van der Waals surface area contributed by atoms with Crippen LogP contribution in [0.15, 0.2) is 12.1 Å². The van der Waals surface area contributed by atoms with Gasteiger partial charge in [0.25, 0.3) is 5.69 Å². The van der Waals surface area contributed by atoms with E-state index in [9.17, 15) is 14.9 Å². The standard InChI is InChI=1S/C11H12Cl2N2O4/c1-3-14(6-11(16)19-2)9-4-7(12)8(13)5-10(9)15(17)18/h4-5H,3,6H2,1-2H3. The lowest BCUT2D eigenvalue weighted by molar-refractivity contribution is -0.384. The number of likely N-dealkylation sites (N-methyl/N-ethyl adjacent to an activating group) is 1. The number of halogens is 2. The number of nitro benzene ring substituents is 1. The van der Waals surface area contributed by atoms with Gasteiger partial charge in [-0.25, -0.2) is 0 Å². The minimum Gasteiger partial charge on any atom is -0.468 e. The van der Waals surface area contributed by atoms with Gasteiger partial charge >= 0.3 is 5.97 Å². The number of benzene rings is 1. The number of methoxy groups -OCH3 is 1. The normalized spacial score (nSPS) is 10.1. The molecule has 0 unspecified atom stereocenters. The molecule has 0 saturated heterocycles. The number of hydrogen-bond acceptors (Lipinski definition) is 5. The van der Waals surface area contributed by atoms with Crippen LogP contribution in [0.5, 0.6) is 0 Å². The molecule has 1 rings (SSSR count). The zero-order valence-electron chi connectivity index (χ0n) is 10.4. The minimum absolute atomic E-state index is 0.0891. The molecule has 0 radical (unpaired) electrons. The Kier molecular flexibility index (Phi) is 5.38. The van der Waals surface area contributed by atoms with Gasteiger partial charge in [0.15, 0.2) is 0 Å². The van der Waals surface area contributed by atoms with Gasteiger partial charge in [0.2, 0.25) is 0 Å². The molecule has 0 fully saturated rings. The number of hydrogen-bond donors (Lipinski definition) is 0. The number of ether oxygens (including phenoxy) is 1. The van der Waals surface area contributed by atoms with E-state index in [2.05, 4.69) is 4.74 Å². The first-order valence-electron chi connectivity index (χ1n) is 5.35. The number of nitro groups is 1. The number of nitrogens with zero attached hydrogens (tertiary/aromatic N) is 2. The van der Waals surface area contributed by atoms with E-state index in [-0.39, 0.29) is 28.0 Å². The van der Waals surface area contributed by atoms with Crippen LogP contribution in [0.1, 0.15) is 6.92 Å². The van der Waals surface area contributed by atoms with Gasteiger partial charge in [-0.15, -0.1) is 0 Å². The Morgan fingerprint density at radius 1 is 1.42 bits per heavy atom. The fourth-order valence-electron chi connectivity index (χ4n) is 1.51. The molecular weight excluding hydrogens is 295 g/mol. The van der Waals surface area contributed by atoms with Crippen molar-refractivity contribution in [1.82, 2.24) is 0 Å². The van der Waals surface area contributed by atoms with E-state index < -0.39 is 10.9 Å². The average Bonchev–Trinajstić information content (AvgIpc) is 2.38. The van der Waals surface area contributed by atoms with Gasteiger partial charge in [-0.05, 0) is 13.0 Å². The Morgan fingerprint density at radius 2 is 2.00 bits per heavy atom. The summed E-state index contributed by atoms with van der Waals surface area (Å²) in [4.78, 5) is 23.2. The molecule has 1 aromatic carbocycles. The van der Waals surface area contributed by atoms with Crippen LogP contribution in [0.2, 0.25) is 10.0 Å². The Morgan fingerprint density at radius 3 is 2.47 bits per heavy atom. The number of carbonyl (C=O) groups excluding carboxylic acids is 1. The van der Waals surface area contributed by atoms with Crippen molar-refractivity contribution in [2.24, 2.45) is 0 Å². The number of esters is 1. The van der Waals surface area contributed by atoms with Crippen molar-refractivity contribution in [3.8, 4) is 0 Å². The zero-order chi connectivity index (χ0) is 14.6. The van der Waals surface area contributed by atoms with E-state index in [1.807, 2.05) is 0 Å². The summed E-state index contributed by atoms with van der Waals surface area (Å²) in [6, 6.07) is 2.54. The highest BCUT2D eigenvalue weighted by atomic mass is 35.5. The maximum Gasteiger partial charge on any atom is 0.325 e. The Labute approximate surface area is 120 Å². The third-order valence-electron chi connectivity index (χ3n) is 2.48. The highest BCUT2D eigenvalue weighted by Gasteiger charge is 2.22. The van der Waals surface area contributed by atoms with Gasteiger partial charge in [0, 0.05) is 12.6 Å². The largest absolute Gasteiger partial charge is 0.468 e. The molecule has 0 aliphatic heterocycles. The predicted molar refractivity (Wildman–Crippen MR) is 73.0 cm³/mol. The van der Waals surface area contributed by atoms with Gasteiger partial charge in [0.05, 0.1) is 22.1 Å². The van der Waals surface area contributed by atoms with Crippen LogP contribution in [0.3, 0.4) is 0 Å². The van der Waals surface area contributed by atoms with Crippen LogP contribution in [0, 0.1) is 10.1 Å². The first-order valence-corrected chi connectivity index (χ1v) is 6.11. The second-order valence-electron chi connectivity index (χ2n) is 3.60. The maximum absolute atomic E-state index is 11.3.